The van der Waals surface area contributed by atoms with E-state index >= 15 is 0 Å². The molecule has 1 saturated heterocycles. The van der Waals surface area contributed by atoms with Gasteiger partial charge in [-0.15, -0.1) is 0 Å². The number of anilines is 1. The molecule has 0 aliphatic carbocycles. The highest BCUT2D eigenvalue weighted by atomic mass is 127. The van der Waals surface area contributed by atoms with Gasteiger partial charge in [0.05, 0.1) is 9.67 Å². The molecule has 1 N–H and O–H groups in total. The quantitative estimate of drug-likeness (QED) is 0.773. The van der Waals surface area contributed by atoms with Crippen molar-refractivity contribution in [3.8, 4) is 0 Å². The van der Waals surface area contributed by atoms with Gasteiger partial charge in [-0.05, 0) is 34.7 Å². The Balaban J connectivity index is 2.18. The highest BCUT2D eigenvalue weighted by Gasteiger charge is 2.26. The molecule has 1 aromatic heterocycles. The van der Waals surface area contributed by atoms with Crippen molar-refractivity contribution >= 4 is 28.4 Å². The van der Waals surface area contributed by atoms with Gasteiger partial charge in [-0.3, -0.25) is 0 Å². The molecule has 12 heavy (non-hydrogen) atoms. The SMILES string of the molecule is OC1CN(c2ncccc2I)C1. The van der Waals surface area contributed by atoms with Crippen molar-refractivity contribution in [1.29, 1.82) is 0 Å². The molecular formula is C8H9IN2O. The first-order valence-electron chi connectivity index (χ1n) is 3.81. The smallest absolute Gasteiger partial charge is 0.142 e. The fraction of sp³-hybridized carbons (Fsp3) is 0.375. The van der Waals surface area contributed by atoms with Gasteiger partial charge in [0, 0.05) is 19.3 Å². The topological polar surface area (TPSA) is 36.4 Å². The van der Waals surface area contributed by atoms with E-state index in [1.165, 1.54) is 0 Å². The summed E-state index contributed by atoms with van der Waals surface area (Å²) >= 11 is 2.25. The van der Waals surface area contributed by atoms with E-state index in [1.807, 2.05) is 12.1 Å². The van der Waals surface area contributed by atoms with Gasteiger partial charge in [0.15, 0.2) is 0 Å². The Morgan fingerprint density at radius 2 is 2.33 bits per heavy atom. The molecule has 2 rings (SSSR count). The van der Waals surface area contributed by atoms with Gasteiger partial charge in [0.25, 0.3) is 0 Å². The second-order valence-electron chi connectivity index (χ2n) is 2.87. The first kappa shape index (κ1) is 8.25. The lowest BCUT2D eigenvalue weighted by atomic mass is 10.2. The van der Waals surface area contributed by atoms with Gasteiger partial charge in [-0.2, -0.15) is 0 Å². The van der Waals surface area contributed by atoms with E-state index in [1.54, 1.807) is 6.20 Å². The van der Waals surface area contributed by atoms with Crippen LogP contribution in [0.15, 0.2) is 18.3 Å². The lowest BCUT2D eigenvalue weighted by Crippen LogP contribution is -2.51. The summed E-state index contributed by atoms with van der Waals surface area (Å²) < 4.78 is 1.14. The Labute approximate surface area is 84.6 Å². The zero-order chi connectivity index (χ0) is 8.55. The Morgan fingerprint density at radius 1 is 1.58 bits per heavy atom. The predicted octanol–water partition coefficient (Wildman–Crippen LogP) is 0.867. The van der Waals surface area contributed by atoms with E-state index in [9.17, 15) is 0 Å². The molecule has 1 aliphatic rings. The van der Waals surface area contributed by atoms with Crippen molar-refractivity contribution in [2.24, 2.45) is 0 Å². The third-order valence-corrected chi connectivity index (χ3v) is 2.74. The van der Waals surface area contributed by atoms with Gasteiger partial charge in [-0.25, -0.2) is 4.98 Å². The minimum Gasteiger partial charge on any atom is -0.389 e. The molecule has 2 heterocycles. The Bertz CT molecular complexity index is 286. The van der Waals surface area contributed by atoms with Crippen LogP contribution in [0.1, 0.15) is 0 Å². The molecule has 1 aliphatic heterocycles. The van der Waals surface area contributed by atoms with E-state index in [4.69, 9.17) is 5.11 Å². The Kier molecular flexibility index (Phi) is 2.18. The van der Waals surface area contributed by atoms with Gasteiger partial charge in [0.1, 0.15) is 5.82 Å². The highest BCUT2D eigenvalue weighted by molar-refractivity contribution is 14.1. The first-order valence-corrected chi connectivity index (χ1v) is 4.89. The van der Waals surface area contributed by atoms with E-state index in [0.717, 1.165) is 9.39 Å². The van der Waals surface area contributed by atoms with E-state index in [0.29, 0.717) is 13.1 Å². The fourth-order valence-electron chi connectivity index (χ4n) is 1.24. The van der Waals surface area contributed by atoms with Crippen LogP contribution in [-0.4, -0.2) is 29.3 Å². The zero-order valence-electron chi connectivity index (χ0n) is 6.44. The Morgan fingerprint density at radius 3 is 2.92 bits per heavy atom. The number of pyridine rings is 1. The molecule has 0 atom stereocenters. The summed E-state index contributed by atoms with van der Waals surface area (Å²) in [6, 6.07) is 3.94. The third kappa shape index (κ3) is 1.40. The second-order valence-corrected chi connectivity index (χ2v) is 4.03. The number of hydrogen-bond acceptors (Lipinski definition) is 3. The largest absolute Gasteiger partial charge is 0.389 e. The van der Waals surface area contributed by atoms with E-state index in [2.05, 4.69) is 32.5 Å². The van der Waals surface area contributed by atoms with Gasteiger partial charge in [-0.1, -0.05) is 0 Å². The van der Waals surface area contributed by atoms with E-state index < -0.39 is 0 Å². The number of hydrogen-bond donors (Lipinski definition) is 1. The molecule has 0 saturated carbocycles. The summed E-state index contributed by atoms with van der Waals surface area (Å²) in [5.41, 5.74) is 0. The van der Waals surface area contributed by atoms with Crippen molar-refractivity contribution in [1.82, 2.24) is 4.98 Å². The zero-order valence-corrected chi connectivity index (χ0v) is 8.60. The van der Waals surface area contributed by atoms with Crippen LogP contribution >= 0.6 is 22.6 Å². The van der Waals surface area contributed by atoms with Crippen LogP contribution in [0.2, 0.25) is 0 Å². The van der Waals surface area contributed by atoms with Crippen molar-refractivity contribution in [3.63, 3.8) is 0 Å². The van der Waals surface area contributed by atoms with Crippen LogP contribution in [0.4, 0.5) is 5.82 Å². The average molecular weight is 276 g/mol. The maximum absolute atomic E-state index is 9.10. The summed E-state index contributed by atoms with van der Waals surface area (Å²) in [4.78, 5) is 6.32. The molecule has 0 bridgehead atoms. The lowest BCUT2D eigenvalue weighted by molar-refractivity contribution is 0.141. The summed E-state index contributed by atoms with van der Waals surface area (Å²) in [5, 5.41) is 9.10. The van der Waals surface area contributed by atoms with Crippen molar-refractivity contribution in [2.45, 2.75) is 6.10 Å². The molecule has 64 valence electrons. The van der Waals surface area contributed by atoms with Gasteiger partial charge < -0.3 is 10.0 Å². The summed E-state index contributed by atoms with van der Waals surface area (Å²) in [6.45, 7) is 1.43. The fourth-order valence-corrected chi connectivity index (χ4v) is 1.93. The number of aromatic nitrogens is 1. The number of aliphatic hydroxyl groups is 1. The minimum absolute atomic E-state index is 0.164. The van der Waals surface area contributed by atoms with Crippen LogP contribution in [0.25, 0.3) is 0 Å². The molecule has 4 heteroatoms. The monoisotopic (exact) mass is 276 g/mol. The van der Waals surface area contributed by atoms with Crippen LogP contribution in [0, 0.1) is 3.57 Å². The molecule has 0 spiro atoms. The molecular weight excluding hydrogens is 267 g/mol. The van der Waals surface area contributed by atoms with Crippen molar-refractivity contribution < 1.29 is 5.11 Å². The predicted molar refractivity (Wildman–Crippen MR) is 55.2 cm³/mol. The second kappa shape index (κ2) is 3.18. The van der Waals surface area contributed by atoms with Gasteiger partial charge >= 0.3 is 0 Å². The molecule has 1 fully saturated rings. The van der Waals surface area contributed by atoms with Crippen molar-refractivity contribution in [3.05, 3.63) is 21.9 Å². The van der Waals surface area contributed by atoms with Crippen LogP contribution in [0.3, 0.4) is 0 Å². The summed E-state index contributed by atoms with van der Waals surface area (Å²) in [7, 11) is 0. The highest BCUT2D eigenvalue weighted by Crippen LogP contribution is 2.23. The Hall–Kier alpha value is -0.360. The van der Waals surface area contributed by atoms with Gasteiger partial charge in [0.2, 0.25) is 0 Å². The average Bonchev–Trinajstić information content (AvgIpc) is 2.01. The maximum Gasteiger partial charge on any atom is 0.142 e. The normalized spacial score (nSPS) is 17.7. The number of β-amino-alcohol motifs (C(OH)–C–C–N with tert-alkyl or cyclic N) is 1. The van der Waals surface area contributed by atoms with Crippen LogP contribution < -0.4 is 4.90 Å². The maximum atomic E-state index is 9.10. The molecule has 3 nitrogen and oxygen atoms in total. The standard InChI is InChI=1S/C8H9IN2O/c9-7-2-1-3-10-8(7)11-4-6(12)5-11/h1-3,6,12H,4-5H2. The lowest BCUT2D eigenvalue weighted by Gasteiger charge is -2.37. The molecule has 0 aromatic carbocycles. The molecule has 1 aromatic rings. The number of nitrogens with zero attached hydrogens (tertiary/aromatic N) is 2. The first-order chi connectivity index (χ1) is 5.77. The summed E-state index contributed by atoms with van der Waals surface area (Å²) in [5.74, 6) is 0.989. The molecule has 0 unspecified atom stereocenters. The minimum atomic E-state index is -0.164. The molecule has 0 radical (unpaired) electrons. The molecule has 0 amide bonds. The summed E-state index contributed by atoms with van der Waals surface area (Å²) in [6.07, 6.45) is 1.62. The van der Waals surface area contributed by atoms with Crippen LogP contribution in [0.5, 0.6) is 0 Å². The number of aliphatic hydroxyl groups excluding tert-OH is 1. The van der Waals surface area contributed by atoms with Crippen LogP contribution in [-0.2, 0) is 0 Å². The van der Waals surface area contributed by atoms with E-state index in [-0.39, 0.29) is 6.10 Å². The van der Waals surface area contributed by atoms with Crippen molar-refractivity contribution in [2.75, 3.05) is 18.0 Å². The number of rotatable bonds is 1. The third-order valence-electron chi connectivity index (χ3n) is 1.90. The number of halogens is 1.